The summed E-state index contributed by atoms with van der Waals surface area (Å²) in [7, 11) is 0. The summed E-state index contributed by atoms with van der Waals surface area (Å²) < 4.78 is 11.2. The topological polar surface area (TPSA) is 73.6 Å². The number of ketones is 1. The monoisotopic (exact) mass is 506 g/mol. The summed E-state index contributed by atoms with van der Waals surface area (Å²) in [6.45, 7) is 16.4. The lowest BCUT2D eigenvalue weighted by molar-refractivity contribution is -0.185. The van der Waals surface area contributed by atoms with E-state index in [-0.39, 0.29) is 45.6 Å². The molecule has 1 unspecified atom stereocenters. The predicted molar refractivity (Wildman–Crippen MR) is 146 cm³/mol. The van der Waals surface area contributed by atoms with Crippen molar-refractivity contribution in [2.45, 2.75) is 93.6 Å². The maximum atomic E-state index is 13.5. The fourth-order valence-electron chi connectivity index (χ4n) is 8.17. The molecule has 37 heavy (non-hydrogen) atoms. The van der Waals surface area contributed by atoms with Crippen LogP contribution in [-0.2, 0) is 14.3 Å². The summed E-state index contributed by atoms with van der Waals surface area (Å²) in [4.78, 5) is 37.2. The van der Waals surface area contributed by atoms with Gasteiger partial charge in [0.1, 0.15) is 11.9 Å². The highest BCUT2D eigenvalue weighted by atomic mass is 16.5. The number of esters is 1. The molecule has 0 bridgehead atoms. The first-order valence-corrected chi connectivity index (χ1v) is 13.6. The second-order valence-corrected chi connectivity index (χ2v) is 12.7. The third kappa shape index (κ3) is 4.59. The normalized spacial score (nSPS) is 34.8. The van der Waals surface area contributed by atoms with Crippen LogP contribution in [0.25, 0.3) is 5.57 Å². The highest BCUT2D eigenvalue weighted by Crippen LogP contribution is 2.69. The molecule has 3 fully saturated rings. The van der Waals surface area contributed by atoms with Crippen LogP contribution in [0.1, 0.15) is 91.9 Å². The second-order valence-electron chi connectivity index (χ2n) is 12.7. The van der Waals surface area contributed by atoms with Gasteiger partial charge in [0.2, 0.25) is 0 Å². The Balaban J connectivity index is 1.62. The average Bonchev–Trinajstić information content (AvgIpc) is 3.08. The van der Waals surface area contributed by atoms with E-state index < -0.39 is 0 Å². The van der Waals surface area contributed by atoms with Crippen molar-refractivity contribution >= 4 is 17.3 Å². The Labute approximate surface area is 221 Å². The van der Waals surface area contributed by atoms with E-state index in [0.717, 1.165) is 42.4 Å². The quantitative estimate of drug-likeness (QED) is 0.250. The molecule has 200 valence electrons. The lowest BCUT2D eigenvalue weighted by Crippen LogP contribution is -2.58. The van der Waals surface area contributed by atoms with Gasteiger partial charge in [-0.3, -0.25) is 9.59 Å². The Bertz CT molecular complexity index is 1260. The molecule has 5 nitrogen and oxygen atoms in total. The highest BCUT2D eigenvalue weighted by molar-refractivity contribution is 6.00. The molecule has 5 atom stereocenters. The lowest BCUT2D eigenvalue weighted by atomic mass is 9.43. The third-order valence-electron chi connectivity index (χ3n) is 10.0. The van der Waals surface area contributed by atoms with Crippen LogP contribution in [0, 0.1) is 35.0 Å². The molecule has 3 saturated carbocycles. The molecular formula is C32H42O5. The van der Waals surface area contributed by atoms with Crippen LogP contribution in [0.3, 0.4) is 0 Å². The number of rotatable bonds is 4. The van der Waals surface area contributed by atoms with Gasteiger partial charge >= 0.3 is 11.6 Å². The largest absolute Gasteiger partial charge is 0.462 e. The molecule has 0 spiro atoms. The van der Waals surface area contributed by atoms with Crippen LogP contribution in [0.2, 0.25) is 0 Å². The van der Waals surface area contributed by atoms with Crippen LogP contribution in [0.5, 0.6) is 0 Å². The molecule has 5 heteroatoms. The summed E-state index contributed by atoms with van der Waals surface area (Å²) in [5, 5.41) is 0. The molecule has 4 rings (SSSR count). The van der Waals surface area contributed by atoms with Gasteiger partial charge in [0.05, 0.1) is 0 Å². The number of aryl methyl sites for hydroxylation is 1. The van der Waals surface area contributed by atoms with Gasteiger partial charge in [-0.15, -0.1) is 0 Å². The van der Waals surface area contributed by atoms with Gasteiger partial charge in [0.25, 0.3) is 0 Å². The SMILES string of the molecule is CC(=O)O[C@H]1CC[C@@]2(C)C(CC[C@]3(C)/C(=C(C)/C=C/C=C(\C)c4ccc(C)c(=O)o4)C(=O)C[C@@H]23)C1(C)C. The van der Waals surface area contributed by atoms with Crippen molar-refractivity contribution in [1.29, 1.82) is 0 Å². The number of carbonyl (C=O) groups is 2. The van der Waals surface area contributed by atoms with Gasteiger partial charge in [-0.2, -0.15) is 0 Å². The van der Waals surface area contributed by atoms with E-state index in [1.807, 2.05) is 38.1 Å². The number of carbonyl (C=O) groups excluding carboxylic acids is 2. The molecule has 0 N–H and O–H groups in total. The number of fused-ring (bicyclic) bond motifs is 3. The number of Topliss-reactive ketones (excluding diaryl/α,β-unsaturated/α-hetero) is 1. The van der Waals surface area contributed by atoms with Gasteiger partial charge < -0.3 is 9.15 Å². The van der Waals surface area contributed by atoms with Crippen molar-refractivity contribution < 1.29 is 18.7 Å². The Morgan fingerprint density at radius 2 is 1.73 bits per heavy atom. The maximum absolute atomic E-state index is 13.5. The van der Waals surface area contributed by atoms with Crippen LogP contribution < -0.4 is 5.63 Å². The van der Waals surface area contributed by atoms with E-state index >= 15 is 0 Å². The molecule has 0 aromatic carbocycles. The van der Waals surface area contributed by atoms with Gasteiger partial charge in [-0.05, 0) is 87.0 Å². The summed E-state index contributed by atoms with van der Waals surface area (Å²) in [6.07, 6.45) is 10.2. The Morgan fingerprint density at radius 3 is 2.38 bits per heavy atom. The zero-order valence-corrected chi connectivity index (χ0v) is 23.7. The number of hydrogen-bond donors (Lipinski definition) is 0. The Morgan fingerprint density at radius 1 is 1.03 bits per heavy atom. The van der Waals surface area contributed by atoms with E-state index in [1.165, 1.54) is 6.92 Å². The van der Waals surface area contributed by atoms with Crippen molar-refractivity contribution in [3.63, 3.8) is 0 Å². The highest BCUT2D eigenvalue weighted by Gasteiger charge is 2.65. The zero-order valence-electron chi connectivity index (χ0n) is 23.7. The Hall–Kier alpha value is -2.69. The van der Waals surface area contributed by atoms with E-state index in [1.54, 1.807) is 13.0 Å². The molecule has 1 heterocycles. The van der Waals surface area contributed by atoms with Gasteiger partial charge in [-0.25, -0.2) is 4.79 Å². The van der Waals surface area contributed by atoms with E-state index in [2.05, 4.69) is 27.7 Å². The molecule has 0 amide bonds. The lowest BCUT2D eigenvalue weighted by Gasteiger charge is -2.62. The molecule has 3 aliphatic rings. The fraction of sp³-hybridized carbons (Fsp3) is 0.594. The summed E-state index contributed by atoms with van der Waals surface area (Å²) >= 11 is 0. The minimum Gasteiger partial charge on any atom is -0.462 e. The van der Waals surface area contributed by atoms with Gasteiger partial charge in [0.15, 0.2) is 5.78 Å². The van der Waals surface area contributed by atoms with Crippen LogP contribution in [-0.4, -0.2) is 17.9 Å². The molecule has 3 aliphatic carbocycles. The van der Waals surface area contributed by atoms with Crippen LogP contribution in [0.4, 0.5) is 0 Å². The number of allylic oxidation sites excluding steroid dienone is 6. The molecular weight excluding hydrogens is 464 g/mol. The standard InChI is InChI=1S/C32H42O5/c1-19(24-13-12-21(3)29(35)37-24)10-9-11-20(2)28-23(34)18-26-31(7)17-15-27(36-22(4)33)30(5,6)25(31)14-16-32(26,28)8/h9-13,25-27H,14-18H2,1-8H3/b11-9+,19-10+,28-20+/t25?,26-,27-,31-,32-/m0/s1. The molecule has 0 radical (unpaired) electrons. The first-order valence-electron chi connectivity index (χ1n) is 13.6. The van der Waals surface area contributed by atoms with Crippen molar-refractivity contribution in [1.82, 2.24) is 0 Å². The van der Waals surface area contributed by atoms with E-state index in [0.29, 0.717) is 23.7 Å². The smallest absolute Gasteiger partial charge is 0.339 e. The molecule has 0 saturated heterocycles. The predicted octanol–water partition coefficient (Wildman–Crippen LogP) is 6.99. The van der Waals surface area contributed by atoms with E-state index in [9.17, 15) is 14.4 Å². The zero-order chi connectivity index (χ0) is 27.3. The van der Waals surface area contributed by atoms with Gasteiger partial charge in [0, 0.05) is 35.3 Å². The van der Waals surface area contributed by atoms with E-state index in [4.69, 9.17) is 9.15 Å². The number of hydrogen-bond acceptors (Lipinski definition) is 5. The van der Waals surface area contributed by atoms with Gasteiger partial charge in [-0.1, -0.05) is 45.9 Å². The maximum Gasteiger partial charge on any atom is 0.339 e. The molecule has 0 aliphatic heterocycles. The average molecular weight is 507 g/mol. The number of ether oxygens (including phenoxy) is 1. The van der Waals surface area contributed by atoms with Crippen molar-refractivity contribution in [2.75, 3.05) is 0 Å². The Kier molecular flexibility index (Phi) is 7.07. The van der Waals surface area contributed by atoms with Crippen molar-refractivity contribution in [2.24, 2.45) is 28.1 Å². The minimum absolute atomic E-state index is 0.0219. The minimum atomic E-state index is -0.322. The van der Waals surface area contributed by atoms with Crippen molar-refractivity contribution in [3.8, 4) is 0 Å². The second kappa shape index (κ2) is 9.56. The fourth-order valence-corrected chi connectivity index (χ4v) is 8.17. The summed E-state index contributed by atoms with van der Waals surface area (Å²) in [6, 6.07) is 3.58. The molecule has 1 aromatic heterocycles. The third-order valence-corrected chi connectivity index (χ3v) is 10.0. The summed E-state index contributed by atoms with van der Waals surface area (Å²) in [5.41, 5.74) is 2.84. The van der Waals surface area contributed by atoms with Crippen LogP contribution >= 0.6 is 0 Å². The summed E-state index contributed by atoms with van der Waals surface area (Å²) in [5.74, 6) is 1.28. The van der Waals surface area contributed by atoms with Crippen molar-refractivity contribution in [3.05, 3.63) is 63.3 Å². The first kappa shape index (κ1) is 27.3. The van der Waals surface area contributed by atoms with Crippen LogP contribution in [0.15, 0.2) is 50.7 Å². The first-order chi connectivity index (χ1) is 17.2. The molecule has 1 aromatic rings.